The van der Waals surface area contributed by atoms with E-state index in [0.717, 1.165) is 0 Å². The fraction of sp³-hybridized carbons (Fsp3) is 0.375. The first-order valence-electron chi connectivity index (χ1n) is 4.06. The van der Waals surface area contributed by atoms with Gasteiger partial charge in [-0.1, -0.05) is 0 Å². The van der Waals surface area contributed by atoms with Crippen LogP contribution in [0.15, 0.2) is 4.99 Å². The average molecular weight is 193 g/mol. The van der Waals surface area contributed by atoms with Gasteiger partial charge in [-0.05, 0) is 6.92 Å². The highest BCUT2D eigenvalue weighted by molar-refractivity contribution is 5.84. The lowest BCUT2D eigenvalue weighted by atomic mass is 10.4. The van der Waals surface area contributed by atoms with Crippen LogP contribution >= 0.6 is 0 Å². The van der Waals surface area contributed by atoms with Crippen molar-refractivity contribution in [3.8, 4) is 6.19 Å². The Balaban J connectivity index is 3.05. The van der Waals surface area contributed by atoms with Gasteiger partial charge in [0.2, 0.25) is 6.19 Å². The minimum absolute atomic E-state index is 0.00374. The summed E-state index contributed by atoms with van der Waals surface area (Å²) in [6.45, 7) is 2.16. The second-order valence-electron chi connectivity index (χ2n) is 2.66. The molecule has 0 radical (unpaired) electrons. The Hall–Kier alpha value is -1.87. The van der Waals surface area contributed by atoms with Crippen LogP contribution in [0, 0.1) is 18.4 Å². The van der Waals surface area contributed by atoms with Gasteiger partial charge in [0.1, 0.15) is 17.3 Å². The fourth-order valence-corrected chi connectivity index (χ4v) is 1.17. The van der Waals surface area contributed by atoms with Gasteiger partial charge in [-0.25, -0.2) is 4.98 Å². The van der Waals surface area contributed by atoms with Crippen LogP contribution in [0.2, 0.25) is 0 Å². The number of nitriles is 1. The van der Waals surface area contributed by atoms with Gasteiger partial charge in [0.05, 0.1) is 12.8 Å². The zero-order valence-corrected chi connectivity index (χ0v) is 7.80. The zero-order valence-electron chi connectivity index (χ0n) is 7.80. The average Bonchev–Trinajstić information content (AvgIpc) is 2.43. The number of rotatable bonds is 3. The summed E-state index contributed by atoms with van der Waals surface area (Å²) in [5, 5.41) is 17.0. The molecular formula is C8H11N5O. The molecule has 0 saturated heterocycles. The summed E-state index contributed by atoms with van der Waals surface area (Å²) in [7, 11) is 0. The van der Waals surface area contributed by atoms with Gasteiger partial charge >= 0.3 is 0 Å². The molecule has 0 saturated carbocycles. The zero-order chi connectivity index (χ0) is 10.6. The number of imidazole rings is 1. The third-order valence-electron chi connectivity index (χ3n) is 1.79. The topological polar surface area (TPSA) is 100 Å². The summed E-state index contributed by atoms with van der Waals surface area (Å²) in [5.74, 6) is 1.10. The molecule has 74 valence electrons. The molecule has 1 aromatic rings. The van der Waals surface area contributed by atoms with Gasteiger partial charge < -0.3 is 15.4 Å². The lowest BCUT2D eigenvalue weighted by molar-refractivity contribution is 0.275. The van der Waals surface area contributed by atoms with Gasteiger partial charge in [-0.2, -0.15) is 10.3 Å². The minimum atomic E-state index is -0.00374. The van der Waals surface area contributed by atoms with Crippen molar-refractivity contribution in [1.82, 2.24) is 9.55 Å². The number of hydrogen-bond donors (Lipinski definition) is 2. The molecule has 0 fully saturated rings. The van der Waals surface area contributed by atoms with Gasteiger partial charge in [0.25, 0.3) is 0 Å². The Kier molecular flexibility index (Phi) is 3.20. The molecule has 1 heterocycles. The SMILES string of the molecule is Cc1nc(C=NC#N)c(N)n1CCO. The summed E-state index contributed by atoms with van der Waals surface area (Å²) in [4.78, 5) is 7.47. The molecule has 1 rings (SSSR count). The van der Waals surface area contributed by atoms with E-state index in [9.17, 15) is 0 Å². The number of aliphatic hydroxyl groups excluding tert-OH is 1. The molecule has 0 bridgehead atoms. The van der Waals surface area contributed by atoms with Crippen LogP contribution < -0.4 is 5.73 Å². The number of aliphatic imine (C=N–C) groups is 1. The highest BCUT2D eigenvalue weighted by Gasteiger charge is 2.08. The standard InChI is InChI=1S/C8H11N5O/c1-6-12-7(4-11-5-9)8(10)13(6)2-3-14/h4,14H,2-3,10H2,1H3. The van der Waals surface area contributed by atoms with Crippen molar-refractivity contribution in [2.24, 2.45) is 4.99 Å². The van der Waals surface area contributed by atoms with Crippen molar-refractivity contribution in [3.05, 3.63) is 11.5 Å². The number of nitrogens with two attached hydrogens (primary N) is 1. The molecule has 0 atom stereocenters. The smallest absolute Gasteiger partial charge is 0.205 e. The highest BCUT2D eigenvalue weighted by atomic mass is 16.3. The second kappa shape index (κ2) is 4.39. The molecule has 3 N–H and O–H groups in total. The first kappa shape index (κ1) is 10.2. The maximum atomic E-state index is 8.76. The lowest BCUT2D eigenvalue weighted by Gasteiger charge is -2.03. The van der Waals surface area contributed by atoms with E-state index in [0.29, 0.717) is 23.9 Å². The normalized spacial score (nSPS) is 10.6. The first-order chi connectivity index (χ1) is 6.70. The molecular weight excluding hydrogens is 182 g/mol. The number of nitrogens with zero attached hydrogens (tertiary/aromatic N) is 4. The number of anilines is 1. The molecule has 0 aliphatic heterocycles. The molecule has 6 nitrogen and oxygen atoms in total. The van der Waals surface area contributed by atoms with Crippen molar-refractivity contribution in [2.45, 2.75) is 13.5 Å². The number of aliphatic hydroxyl groups is 1. The van der Waals surface area contributed by atoms with Crippen LogP contribution in [-0.2, 0) is 6.54 Å². The van der Waals surface area contributed by atoms with Crippen LogP contribution in [0.5, 0.6) is 0 Å². The van der Waals surface area contributed by atoms with Crippen molar-refractivity contribution in [1.29, 1.82) is 5.26 Å². The molecule has 0 aliphatic carbocycles. The van der Waals surface area contributed by atoms with Crippen molar-refractivity contribution in [3.63, 3.8) is 0 Å². The van der Waals surface area contributed by atoms with E-state index in [1.54, 1.807) is 17.7 Å². The fourth-order valence-electron chi connectivity index (χ4n) is 1.17. The molecule has 0 spiro atoms. The van der Waals surface area contributed by atoms with Crippen molar-refractivity contribution in [2.75, 3.05) is 12.3 Å². The summed E-state index contributed by atoms with van der Waals surface area (Å²) < 4.78 is 1.67. The predicted octanol–water partition coefficient (Wildman–Crippen LogP) is -0.334. The highest BCUT2D eigenvalue weighted by Crippen LogP contribution is 2.11. The number of aryl methyl sites for hydroxylation is 1. The Labute approximate surface area is 81.3 Å². The maximum absolute atomic E-state index is 8.76. The van der Waals surface area contributed by atoms with Crippen LogP contribution in [0.25, 0.3) is 0 Å². The first-order valence-corrected chi connectivity index (χ1v) is 4.06. The van der Waals surface area contributed by atoms with Gasteiger partial charge in [0.15, 0.2) is 0 Å². The Morgan fingerprint density at radius 1 is 1.79 bits per heavy atom. The van der Waals surface area contributed by atoms with Crippen molar-refractivity contribution < 1.29 is 5.11 Å². The molecule has 0 aliphatic rings. The predicted molar refractivity (Wildman–Crippen MR) is 51.7 cm³/mol. The molecule has 14 heavy (non-hydrogen) atoms. The van der Waals surface area contributed by atoms with E-state index in [-0.39, 0.29) is 6.61 Å². The quantitative estimate of drug-likeness (QED) is 0.506. The minimum Gasteiger partial charge on any atom is -0.395 e. The van der Waals surface area contributed by atoms with Crippen molar-refractivity contribution >= 4 is 12.0 Å². The number of aromatic nitrogens is 2. The monoisotopic (exact) mass is 193 g/mol. The molecule has 0 amide bonds. The van der Waals surface area contributed by atoms with Crippen LogP contribution in [0.1, 0.15) is 11.5 Å². The van der Waals surface area contributed by atoms with Gasteiger partial charge in [-0.3, -0.25) is 0 Å². The van der Waals surface area contributed by atoms with E-state index < -0.39 is 0 Å². The maximum Gasteiger partial charge on any atom is 0.205 e. The summed E-state index contributed by atoms with van der Waals surface area (Å²) in [5.41, 5.74) is 6.18. The van der Waals surface area contributed by atoms with E-state index in [1.807, 2.05) is 0 Å². The van der Waals surface area contributed by atoms with E-state index in [2.05, 4.69) is 9.98 Å². The Morgan fingerprint density at radius 2 is 2.50 bits per heavy atom. The molecule has 6 heteroatoms. The largest absolute Gasteiger partial charge is 0.395 e. The van der Waals surface area contributed by atoms with Gasteiger partial charge in [0, 0.05) is 6.54 Å². The second-order valence-corrected chi connectivity index (χ2v) is 2.66. The van der Waals surface area contributed by atoms with E-state index in [1.165, 1.54) is 6.21 Å². The molecule has 0 unspecified atom stereocenters. The van der Waals surface area contributed by atoms with Gasteiger partial charge in [-0.15, -0.1) is 0 Å². The third-order valence-corrected chi connectivity index (χ3v) is 1.79. The van der Waals surface area contributed by atoms with Crippen LogP contribution in [0.4, 0.5) is 5.82 Å². The number of nitrogen functional groups attached to an aromatic ring is 1. The molecule has 0 aromatic carbocycles. The lowest BCUT2D eigenvalue weighted by Crippen LogP contribution is -2.08. The van der Waals surface area contributed by atoms with E-state index in [4.69, 9.17) is 16.1 Å². The molecule has 1 aromatic heterocycles. The summed E-state index contributed by atoms with van der Waals surface area (Å²) in [6.07, 6.45) is 2.92. The number of hydrogen-bond acceptors (Lipinski definition) is 5. The summed E-state index contributed by atoms with van der Waals surface area (Å²) in [6, 6.07) is 0. The third kappa shape index (κ3) is 1.89. The van der Waals surface area contributed by atoms with Crippen LogP contribution in [-0.4, -0.2) is 27.5 Å². The summed E-state index contributed by atoms with van der Waals surface area (Å²) >= 11 is 0. The van der Waals surface area contributed by atoms with E-state index >= 15 is 0 Å². The Bertz CT molecular complexity index is 387. The van der Waals surface area contributed by atoms with Crippen LogP contribution in [0.3, 0.4) is 0 Å². The Morgan fingerprint density at radius 3 is 3.07 bits per heavy atom.